The lowest BCUT2D eigenvalue weighted by molar-refractivity contribution is -0.132. The van der Waals surface area contributed by atoms with E-state index in [4.69, 9.17) is 18.8 Å². The van der Waals surface area contributed by atoms with Gasteiger partial charge in [0.25, 0.3) is 0 Å². The van der Waals surface area contributed by atoms with Crippen LogP contribution in [0.3, 0.4) is 0 Å². The Kier molecular flexibility index (Phi) is 3.18. The van der Waals surface area contributed by atoms with Gasteiger partial charge in [-0.3, -0.25) is 0 Å². The molecule has 2 bridgehead atoms. The third-order valence-corrected chi connectivity index (χ3v) is 1.22. The molecule has 1 N–H and O–H groups in total. The van der Waals surface area contributed by atoms with Crippen molar-refractivity contribution in [2.45, 2.75) is 0 Å². The van der Waals surface area contributed by atoms with Crippen molar-refractivity contribution in [1.82, 2.24) is 0 Å². The molecule has 66 valence electrons. The molecule has 0 aliphatic carbocycles. The van der Waals surface area contributed by atoms with E-state index in [1.54, 1.807) is 0 Å². The molecular formula is C6H5O5S-. The van der Waals surface area contributed by atoms with Crippen molar-refractivity contribution < 1.29 is 23.1 Å². The van der Waals surface area contributed by atoms with E-state index in [9.17, 15) is 0 Å². The first-order valence-corrected chi connectivity index (χ1v) is 3.91. The van der Waals surface area contributed by atoms with Crippen LogP contribution in [0.5, 0.6) is 11.5 Å². The van der Waals surface area contributed by atoms with Gasteiger partial charge in [0, 0.05) is 6.07 Å². The first-order chi connectivity index (χ1) is 5.72. The second-order valence-electron chi connectivity index (χ2n) is 1.86. The van der Waals surface area contributed by atoms with E-state index in [-0.39, 0.29) is 0 Å². The summed E-state index contributed by atoms with van der Waals surface area (Å²) >= 11 is -2.77. The molecule has 2 aliphatic heterocycles. The fourth-order valence-electron chi connectivity index (χ4n) is 0.679. The van der Waals surface area contributed by atoms with Gasteiger partial charge in [0.15, 0.2) is 0 Å². The van der Waals surface area contributed by atoms with E-state index >= 15 is 0 Å². The van der Waals surface area contributed by atoms with Crippen LogP contribution in [-0.2, 0) is 15.7 Å². The van der Waals surface area contributed by atoms with Crippen molar-refractivity contribution in [3.8, 4) is 11.5 Å². The van der Waals surface area contributed by atoms with E-state index in [1.807, 2.05) is 24.3 Å². The third kappa shape index (κ3) is 2.59. The van der Waals surface area contributed by atoms with Gasteiger partial charge >= 0.3 is 0 Å². The predicted octanol–water partition coefficient (Wildman–Crippen LogP) is 1.06. The van der Waals surface area contributed by atoms with Crippen LogP contribution in [-0.4, -0.2) is 14.0 Å². The molecule has 0 saturated carbocycles. The number of fused-ring (bicyclic) bond motifs is 2. The number of hydrogen-bond donors (Lipinski definition) is 1. The summed E-state index contributed by atoms with van der Waals surface area (Å²) in [6, 6.07) is 7.86. The summed E-state index contributed by atoms with van der Waals surface area (Å²) < 4.78 is 25.5. The zero-order valence-electron chi connectivity index (χ0n) is 5.80. The minimum absolute atomic E-state index is 0.984. The van der Waals surface area contributed by atoms with Gasteiger partial charge in [-0.2, -0.15) is 0 Å². The Morgan fingerprint density at radius 2 is 1.92 bits per heavy atom. The van der Waals surface area contributed by atoms with Crippen LogP contribution in [0.1, 0.15) is 0 Å². The molecule has 0 spiro atoms. The molecular weight excluding hydrogens is 184 g/mol. The fraction of sp³-hybridized carbons (Fsp3) is 0. The highest BCUT2D eigenvalue weighted by Gasteiger charge is 2.05. The normalized spacial score (nSPS) is 13.2. The van der Waals surface area contributed by atoms with Gasteiger partial charge in [-0.05, 0) is 12.1 Å². The molecule has 0 aromatic heterocycles. The van der Waals surface area contributed by atoms with Crippen molar-refractivity contribution in [2.24, 2.45) is 0 Å². The van der Waals surface area contributed by atoms with E-state index in [2.05, 4.69) is 4.33 Å². The highest BCUT2D eigenvalue weighted by Crippen LogP contribution is 2.32. The molecule has 1 aromatic rings. The van der Waals surface area contributed by atoms with Crippen molar-refractivity contribution in [2.75, 3.05) is 0 Å². The van der Waals surface area contributed by atoms with Crippen molar-refractivity contribution >= 4 is 11.4 Å². The van der Waals surface area contributed by atoms with Crippen LogP contribution >= 0.6 is 0 Å². The first kappa shape index (κ1) is 9.14. The molecule has 1 unspecified atom stereocenters. The van der Waals surface area contributed by atoms with Gasteiger partial charge in [0.05, 0.1) is 0 Å². The lowest BCUT2D eigenvalue weighted by Gasteiger charge is -2.13. The second-order valence-corrected chi connectivity index (χ2v) is 2.41. The zero-order valence-corrected chi connectivity index (χ0v) is 6.61. The van der Waals surface area contributed by atoms with Gasteiger partial charge in [-0.25, -0.2) is 9.47 Å². The average Bonchev–Trinajstić information content (AvgIpc) is 2.06. The molecule has 0 fully saturated rings. The second kappa shape index (κ2) is 4.17. The number of benzene rings is 1. The quantitative estimate of drug-likeness (QED) is 0.412. The first-order valence-electron chi connectivity index (χ1n) is 2.91. The average molecular weight is 189 g/mol. The van der Waals surface area contributed by atoms with Crippen LogP contribution in [0.2, 0.25) is 0 Å². The van der Waals surface area contributed by atoms with Crippen molar-refractivity contribution in [3.63, 3.8) is 0 Å². The number of rotatable bonds is 1. The molecule has 0 saturated heterocycles. The summed E-state index contributed by atoms with van der Waals surface area (Å²) in [5.41, 5.74) is 0. The Bertz CT molecular complexity index is 262. The summed E-state index contributed by atoms with van der Waals surface area (Å²) in [4.78, 5) is 0. The molecule has 12 heavy (non-hydrogen) atoms. The smallest absolute Gasteiger partial charge is 0.131 e. The maximum absolute atomic E-state index is 8.90. The Labute approximate surface area is 71.0 Å². The Hall–Kier alpha value is -0.950. The van der Waals surface area contributed by atoms with E-state index in [0.29, 0.717) is 0 Å². The minimum atomic E-state index is -2.77. The molecule has 1 atom stereocenters. The van der Waals surface area contributed by atoms with Crippen LogP contribution in [0, 0.1) is 0 Å². The minimum Gasteiger partial charge on any atom is -0.748 e. The zero-order chi connectivity index (χ0) is 8.97. The molecule has 0 radical (unpaired) electrons. The largest absolute Gasteiger partial charge is 0.748 e. The Morgan fingerprint density at radius 3 is 2.00 bits per heavy atom. The van der Waals surface area contributed by atoms with Gasteiger partial charge < -0.3 is 9.29 Å². The summed E-state index contributed by atoms with van der Waals surface area (Å²) in [6.45, 7) is 0. The van der Waals surface area contributed by atoms with Crippen LogP contribution < -0.4 is 4.74 Å². The molecule has 1 aromatic carbocycles. The number of hydrogen-bond acceptors (Lipinski definition) is 5. The van der Waals surface area contributed by atoms with E-state index < -0.39 is 11.4 Å². The monoisotopic (exact) mass is 189 g/mol. The topological polar surface area (TPSA) is 78.8 Å². The molecule has 5 nitrogen and oxygen atoms in total. The van der Waals surface area contributed by atoms with Crippen LogP contribution in [0.4, 0.5) is 0 Å². The molecule has 0 amide bonds. The van der Waals surface area contributed by atoms with Gasteiger partial charge in [-0.15, -0.1) is 4.33 Å². The molecule has 2 aliphatic rings. The van der Waals surface area contributed by atoms with Crippen LogP contribution in [0.15, 0.2) is 24.3 Å². The predicted molar refractivity (Wildman–Crippen MR) is 39.1 cm³/mol. The van der Waals surface area contributed by atoms with Crippen molar-refractivity contribution in [3.05, 3.63) is 24.3 Å². The maximum Gasteiger partial charge on any atom is 0.131 e. The molecule has 3 rings (SSSR count). The molecule has 2 heterocycles. The highest BCUT2D eigenvalue weighted by molar-refractivity contribution is 7.73. The van der Waals surface area contributed by atoms with Crippen molar-refractivity contribution in [1.29, 1.82) is 0 Å². The Balaban J connectivity index is 0.000000130. The summed E-state index contributed by atoms with van der Waals surface area (Å²) in [5, 5.41) is 7.03. The van der Waals surface area contributed by atoms with E-state index in [0.717, 1.165) is 11.5 Å². The lowest BCUT2D eigenvalue weighted by Crippen LogP contribution is -1.91. The highest BCUT2D eigenvalue weighted by atomic mass is 32.2. The fourth-order valence-corrected chi connectivity index (χ4v) is 0.679. The standard InChI is InChI=1S/C6H4O.H2O4S/c1-2-5-4-6(3-1)7-5;1-4-5(2)3/h1-4H;1H,(H,2,3)/p-1. The van der Waals surface area contributed by atoms with Gasteiger partial charge in [-0.1, -0.05) is 6.07 Å². The SMILES string of the molecule is O=S([O-])OO.c1cc2cc(c1)O2. The van der Waals surface area contributed by atoms with Gasteiger partial charge in [0.1, 0.15) is 22.9 Å². The summed E-state index contributed by atoms with van der Waals surface area (Å²) in [6.07, 6.45) is 0. The summed E-state index contributed by atoms with van der Waals surface area (Å²) in [7, 11) is 0. The van der Waals surface area contributed by atoms with E-state index in [1.165, 1.54) is 0 Å². The lowest BCUT2D eigenvalue weighted by atomic mass is 10.2. The van der Waals surface area contributed by atoms with Crippen LogP contribution in [0.25, 0.3) is 0 Å². The molecule has 6 heteroatoms. The van der Waals surface area contributed by atoms with Gasteiger partial charge in [0.2, 0.25) is 0 Å². The Morgan fingerprint density at radius 1 is 1.50 bits per heavy atom. The maximum atomic E-state index is 8.90. The summed E-state index contributed by atoms with van der Waals surface area (Å²) in [5.74, 6) is 1.97. The third-order valence-electron chi connectivity index (χ3n) is 1.10. The number of ether oxygens (including phenoxy) is 1.